The maximum Gasteiger partial charge on any atom is 0.254 e. The Balaban J connectivity index is 1.53. The summed E-state index contributed by atoms with van der Waals surface area (Å²) in [5.74, 6) is 0.126. The zero-order chi connectivity index (χ0) is 18.1. The van der Waals surface area contributed by atoms with Gasteiger partial charge < -0.3 is 9.88 Å². The van der Waals surface area contributed by atoms with E-state index in [1.165, 1.54) is 21.2 Å². The summed E-state index contributed by atoms with van der Waals surface area (Å²) in [5, 5.41) is 3.92. The van der Waals surface area contributed by atoms with Crippen molar-refractivity contribution < 1.29 is 13.2 Å². The highest BCUT2D eigenvalue weighted by Gasteiger charge is 2.29. The number of carbonyl (C=O) groups excluding carboxylic acids is 1. The van der Waals surface area contributed by atoms with E-state index >= 15 is 0 Å². The number of sulfonamides is 1. The van der Waals surface area contributed by atoms with Gasteiger partial charge in [0.05, 0.1) is 11.3 Å². The van der Waals surface area contributed by atoms with Gasteiger partial charge in [0.15, 0.2) is 0 Å². The number of thiophene rings is 1. The van der Waals surface area contributed by atoms with Crippen LogP contribution in [0.15, 0.2) is 24.5 Å². The van der Waals surface area contributed by atoms with Crippen molar-refractivity contribution in [3.05, 3.63) is 40.5 Å². The smallest absolute Gasteiger partial charge is 0.254 e. The average molecular weight is 394 g/mol. The molecule has 0 saturated carbocycles. The first-order valence-corrected chi connectivity index (χ1v) is 11.5. The number of amides is 1. The summed E-state index contributed by atoms with van der Waals surface area (Å²) in [4.78, 5) is 14.3. The van der Waals surface area contributed by atoms with Crippen molar-refractivity contribution in [1.29, 1.82) is 0 Å². The zero-order valence-electron chi connectivity index (χ0n) is 14.6. The SMILES string of the molecule is O=C(NCCN1CCCS1(=O)=O)c1c(-n2cccc2)sc2c1CCCC2. The fraction of sp³-hybridized carbons (Fsp3) is 0.500. The fourth-order valence-electron chi connectivity index (χ4n) is 3.76. The van der Waals surface area contributed by atoms with Crippen LogP contribution in [0.4, 0.5) is 0 Å². The van der Waals surface area contributed by atoms with Crippen LogP contribution < -0.4 is 5.32 Å². The van der Waals surface area contributed by atoms with Crippen LogP contribution in [0.5, 0.6) is 0 Å². The molecule has 0 radical (unpaired) electrons. The summed E-state index contributed by atoms with van der Waals surface area (Å²) in [6, 6.07) is 3.91. The lowest BCUT2D eigenvalue weighted by molar-refractivity contribution is 0.0951. The molecule has 1 N–H and O–H groups in total. The van der Waals surface area contributed by atoms with Crippen molar-refractivity contribution in [2.24, 2.45) is 0 Å². The number of nitrogens with zero attached hydrogens (tertiary/aromatic N) is 2. The van der Waals surface area contributed by atoms with Crippen LogP contribution >= 0.6 is 11.3 Å². The molecule has 0 bridgehead atoms. The van der Waals surface area contributed by atoms with Crippen molar-refractivity contribution in [3.8, 4) is 5.00 Å². The molecule has 26 heavy (non-hydrogen) atoms. The Morgan fingerprint density at radius 1 is 1.15 bits per heavy atom. The van der Waals surface area contributed by atoms with Crippen LogP contribution in [0.25, 0.3) is 5.00 Å². The van der Waals surface area contributed by atoms with Crippen molar-refractivity contribution in [1.82, 2.24) is 14.2 Å². The Morgan fingerprint density at radius 3 is 2.65 bits per heavy atom. The minimum absolute atomic E-state index is 0.0929. The maximum atomic E-state index is 12.9. The first-order valence-electron chi connectivity index (χ1n) is 9.10. The van der Waals surface area contributed by atoms with E-state index in [0.29, 0.717) is 26.1 Å². The number of rotatable bonds is 5. The number of carbonyl (C=O) groups is 1. The van der Waals surface area contributed by atoms with Crippen molar-refractivity contribution in [3.63, 3.8) is 0 Å². The Kier molecular flexibility index (Phi) is 4.90. The molecular formula is C18H23N3O3S2. The number of hydrogen-bond acceptors (Lipinski definition) is 4. The van der Waals surface area contributed by atoms with E-state index in [1.807, 2.05) is 29.1 Å². The second-order valence-corrected chi connectivity index (χ2v) is 9.98. The second-order valence-electron chi connectivity index (χ2n) is 6.81. The van der Waals surface area contributed by atoms with Gasteiger partial charge in [-0.1, -0.05) is 0 Å². The molecule has 0 atom stereocenters. The van der Waals surface area contributed by atoms with Crippen LogP contribution in [0, 0.1) is 0 Å². The second kappa shape index (κ2) is 7.17. The van der Waals surface area contributed by atoms with E-state index in [9.17, 15) is 13.2 Å². The molecule has 1 aliphatic carbocycles. The molecule has 2 aliphatic rings. The lowest BCUT2D eigenvalue weighted by atomic mass is 9.95. The van der Waals surface area contributed by atoms with E-state index in [2.05, 4.69) is 5.32 Å². The first-order chi connectivity index (χ1) is 12.6. The highest BCUT2D eigenvalue weighted by Crippen LogP contribution is 2.36. The van der Waals surface area contributed by atoms with Gasteiger partial charge in [-0.2, -0.15) is 0 Å². The molecule has 4 rings (SSSR count). The summed E-state index contributed by atoms with van der Waals surface area (Å²) in [7, 11) is -3.12. The minimum atomic E-state index is -3.12. The molecule has 0 unspecified atom stereocenters. The zero-order valence-corrected chi connectivity index (χ0v) is 16.2. The lowest BCUT2D eigenvalue weighted by Gasteiger charge is -2.16. The number of nitrogens with one attached hydrogen (secondary N) is 1. The predicted molar refractivity (Wildman–Crippen MR) is 103 cm³/mol. The monoisotopic (exact) mass is 393 g/mol. The highest BCUT2D eigenvalue weighted by atomic mass is 32.2. The standard InChI is InChI=1S/C18H23N3O3S2/c22-17(19-8-12-21-11-5-13-26(21,23)24)16-14-6-1-2-7-15(14)25-18(16)20-9-3-4-10-20/h3-4,9-10H,1-2,5-8,11-13H2,(H,19,22). The molecule has 3 heterocycles. The molecule has 140 valence electrons. The quantitative estimate of drug-likeness (QED) is 0.846. The van der Waals surface area contributed by atoms with Crippen LogP contribution in [0.1, 0.15) is 40.1 Å². The van der Waals surface area contributed by atoms with Gasteiger partial charge >= 0.3 is 0 Å². The Morgan fingerprint density at radius 2 is 1.92 bits per heavy atom. The minimum Gasteiger partial charge on any atom is -0.351 e. The molecule has 1 amide bonds. The molecule has 8 heteroatoms. The summed E-state index contributed by atoms with van der Waals surface area (Å²) in [5.41, 5.74) is 1.95. The van der Waals surface area contributed by atoms with Crippen LogP contribution in [0.3, 0.4) is 0 Å². The fourth-order valence-corrected chi connectivity index (χ4v) is 6.64. The van der Waals surface area contributed by atoms with E-state index < -0.39 is 10.0 Å². The van der Waals surface area contributed by atoms with Gasteiger partial charge in [0, 0.05) is 36.9 Å². The van der Waals surface area contributed by atoms with Crippen molar-refractivity contribution >= 4 is 27.3 Å². The maximum absolute atomic E-state index is 12.9. The van der Waals surface area contributed by atoms with E-state index in [4.69, 9.17) is 0 Å². The predicted octanol–water partition coefficient (Wildman–Crippen LogP) is 2.18. The van der Waals surface area contributed by atoms with Crippen LogP contribution in [0.2, 0.25) is 0 Å². The molecule has 2 aromatic rings. The van der Waals surface area contributed by atoms with Crippen molar-refractivity contribution in [2.75, 3.05) is 25.4 Å². The summed E-state index contributed by atoms with van der Waals surface area (Å²) in [6.07, 6.45) is 8.86. The third kappa shape index (κ3) is 3.33. The van der Waals surface area contributed by atoms with E-state index in [0.717, 1.165) is 29.8 Å². The normalized spacial score (nSPS) is 19.4. The van der Waals surface area contributed by atoms with E-state index in [-0.39, 0.29) is 11.7 Å². The molecule has 1 saturated heterocycles. The lowest BCUT2D eigenvalue weighted by Crippen LogP contribution is -2.36. The van der Waals surface area contributed by atoms with Gasteiger partial charge in [-0.25, -0.2) is 12.7 Å². The molecule has 2 aromatic heterocycles. The number of aromatic nitrogens is 1. The largest absolute Gasteiger partial charge is 0.351 e. The van der Waals surface area contributed by atoms with Gasteiger partial charge in [0.25, 0.3) is 5.91 Å². The molecular weight excluding hydrogens is 370 g/mol. The van der Waals surface area contributed by atoms with Gasteiger partial charge in [-0.3, -0.25) is 4.79 Å². The van der Waals surface area contributed by atoms with Gasteiger partial charge in [-0.15, -0.1) is 11.3 Å². The third-order valence-corrected chi connectivity index (χ3v) is 8.33. The molecule has 0 spiro atoms. The molecule has 6 nitrogen and oxygen atoms in total. The molecule has 1 fully saturated rings. The first kappa shape index (κ1) is 17.8. The summed E-state index contributed by atoms with van der Waals surface area (Å²) >= 11 is 1.70. The van der Waals surface area contributed by atoms with Gasteiger partial charge in [0.2, 0.25) is 10.0 Å². The molecule has 0 aromatic carbocycles. The van der Waals surface area contributed by atoms with Crippen LogP contribution in [-0.2, 0) is 22.9 Å². The Hall–Kier alpha value is -1.64. The van der Waals surface area contributed by atoms with Gasteiger partial charge in [-0.05, 0) is 49.8 Å². The highest BCUT2D eigenvalue weighted by molar-refractivity contribution is 7.89. The van der Waals surface area contributed by atoms with Crippen molar-refractivity contribution in [2.45, 2.75) is 32.1 Å². The number of hydrogen-bond donors (Lipinski definition) is 1. The van der Waals surface area contributed by atoms with Crippen LogP contribution in [-0.4, -0.2) is 48.6 Å². The summed E-state index contributed by atoms with van der Waals surface area (Å²) in [6.45, 7) is 1.24. The van der Waals surface area contributed by atoms with Gasteiger partial charge in [0.1, 0.15) is 5.00 Å². The third-order valence-electron chi connectivity index (χ3n) is 5.07. The number of aryl methyl sites for hydroxylation is 1. The Bertz CT molecular complexity index is 901. The topological polar surface area (TPSA) is 71.4 Å². The number of fused-ring (bicyclic) bond motifs is 1. The average Bonchev–Trinajstić information content (AvgIpc) is 3.33. The van der Waals surface area contributed by atoms with E-state index in [1.54, 1.807) is 11.3 Å². The molecule has 1 aliphatic heterocycles. The Labute approximate surface area is 157 Å². The summed E-state index contributed by atoms with van der Waals surface area (Å²) < 4.78 is 27.2.